The molecule has 2 N–H and O–H groups in total. The van der Waals surface area contributed by atoms with Crippen molar-refractivity contribution in [3.8, 4) is 0 Å². The molecule has 0 unspecified atom stereocenters. The SMILES string of the molecule is Cn1[nH]c(=O)c2c1NC1=C(C(=O)C(C)(C)CC1)[C@@H]2c1ccc(F)c(Br)c1. The van der Waals surface area contributed by atoms with Gasteiger partial charge in [0.05, 0.1) is 10.0 Å². The van der Waals surface area contributed by atoms with Crippen LogP contribution < -0.4 is 10.9 Å². The van der Waals surface area contributed by atoms with Crippen LogP contribution in [0.5, 0.6) is 0 Å². The van der Waals surface area contributed by atoms with Crippen molar-refractivity contribution in [1.29, 1.82) is 0 Å². The highest BCUT2D eigenvalue weighted by atomic mass is 79.9. The molecule has 0 spiro atoms. The number of carbonyl (C=O) groups excluding carboxylic acids is 1. The van der Waals surface area contributed by atoms with Crippen LogP contribution in [0.25, 0.3) is 0 Å². The number of rotatable bonds is 1. The van der Waals surface area contributed by atoms with E-state index < -0.39 is 11.3 Å². The van der Waals surface area contributed by atoms with Gasteiger partial charge in [-0.2, -0.15) is 0 Å². The minimum Gasteiger partial charge on any atom is -0.343 e. The van der Waals surface area contributed by atoms with Crippen LogP contribution in [0.1, 0.15) is 43.7 Å². The highest BCUT2D eigenvalue weighted by Gasteiger charge is 2.44. The molecule has 136 valence electrons. The van der Waals surface area contributed by atoms with E-state index in [0.29, 0.717) is 21.4 Å². The third-order valence-electron chi connectivity index (χ3n) is 5.41. The lowest BCUT2D eigenvalue weighted by Gasteiger charge is -2.38. The summed E-state index contributed by atoms with van der Waals surface area (Å²) in [7, 11) is 1.75. The third kappa shape index (κ3) is 2.40. The maximum Gasteiger partial charge on any atom is 0.270 e. The lowest BCUT2D eigenvalue weighted by molar-refractivity contribution is -0.124. The second-order valence-electron chi connectivity index (χ2n) is 7.60. The molecule has 1 atom stereocenters. The van der Waals surface area contributed by atoms with E-state index in [0.717, 1.165) is 24.1 Å². The van der Waals surface area contributed by atoms with Crippen molar-refractivity contribution in [2.24, 2.45) is 12.5 Å². The average Bonchev–Trinajstić information content (AvgIpc) is 2.86. The summed E-state index contributed by atoms with van der Waals surface area (Å²) in [6.07, 6.45) is 1.47. The number of nitrogens with one attached hydrogen (secondary N) is 2. The molecule has 4 rings (SSSR count). The second-order valence-corrected chi connectivity index (χ2v) is 8.45. The molecule has 7 heteroatoms. The zero-order valence-electron chi connectivity index (χ0n) is 14.7. The number of hydrogen-bond donors (Lipinski definition) is 2. The van der Waals surface area contributed by atoms with Gasteiger partial charge >= 0.3 is 0 Å². The number of Topliss-reactive ketones (excluding diaryl/α,β-unsaturated/α-hetero) is 1. The van der Waals surface area contributed by atoms with Crippen LogP contribution >= 0.6 is 15.9 Å². The summed E-state index contributed by atoms with van der Waals surface area (Å²) in [6, 6.07) is 4.66. The Kier molecular flexibility index (Phi) is 3.77. The van der Waals surface area contributed by atoms with E-state index >= 15 is 0 Å². The Hall–Kier alpha value is -2.15. The first kappa shape index (κ1) is 17.3. The lowest BCUT2D eigenvalue weighted by atomic mass is 9.68. The van der Waals surface area contributed by atoms with Crippen LogP contribution in [0.3, 0.4) is 0 Å². The third-order valence-corrected chi connectivity index (χ3v) is 6.02. The first-order chi connectivity index (χ1) is 12.2. The summed E-state index contributed by atoms with van der Waals surface area (Å²) in [4.78, 5) is 25.9. The van der Waals surface area contributed by atoms with Gasteiger partial charge in [0.1, 0.15) is 11.6 Å². The van der Waals surface area contributed by atoms with Gasteiger partial charge < -0.3 is 5.32 Å². The predicted molar refractivity (Wildman–Crippen MR) is 101 cm³/mol. The largest absolute Gasteiger partial charge is 0.343 e. The number of aromatic amines is 1. The fourth-order valence-corrected chi connectivity index (χ4v) is 4.31. The van der Waals surface area contributed by atoms with Gasteiger partial charge in [-0.15, -0.1) is 0 Å². The van der Waals surface area contributed by atoms with E-state index in [2.05, 4.69) is 26.3 Å². The van der Waals surface area contributed by atoms with Gasteiger partial charge in [0, 0.05) is 29.7 Å². The summed E-state index contributed by atoms with van der Waals surface area (Å²) in [5.41, 5.74) is 1.94. The summed E-state index contributed by atoms with van der Waals surface area (Å²) < 4.78 is 15.7. The lowest BCUT2D eigenvalue weighted by Crippen LogP contribution is -2.37. The molecule has 0 saturated carbocycles. The molecule has 1 aromatic carbocycles. The number of H-pyrrole nitrogens is 1. The van der Waals surface area contributed by atoms with Crippen molar-refractivity contribution in [1.82, 2.24) is 9.78 Å². The molecular formula is C19H19BrFN3O2. The molecule has 0 amide bonds. The normalized spacial score (nSPS) is 21.3. The summed E-state index contributed by atoms with van der Waals surface area (Å²) in [5.74, 6) is -0.207. The highest BCUT2D eigenvalue weighted by Crippen LogP contribution is 2.48. The van der Waals surface area contributed by atoms with Crippen LogP contribution in [0.15, 0.2) is 38.7 Å². The highest BCUT2D eigenvalue weighted by molar-refractivity contribution is 9.10. The Labute approximate surface area is 158 Å². The number of halogens is 2. The molecule has 2 heterocycles. The van der Waals surface area contributed by atoms with Gasteiger partial charge in [0.15, 0.2) is 5.78 Å². The second kappa shape index (κ2) is 5.67. The van der Waals surface area contributed by atoms with Gasteiger partial charge in [-0.25, -0.2) is 4.39 Å². The Bertz CT molecular complexity index is 1030. The molecule has 1 aliphatic heterocycles. The first-order valence-electron chi connectivity index (χ1n) is 8.49. The number of aromatic nitrogens is 2. The van der Waals surface area contributed by atoms with E-state index in [1.165, 1.54) is 6.07 Å². The Morgan fingerprint density at radius 1 is 1.31 bits per heavy atom. The van der Waals surface area contributed by atoms with E-state index in [-0.39, 0.29) is 17.2 Å². The molecule has 0 saturated heterocycles. The van der Waals surface area contributed by atoms with Crippen LogP contribution in [0.4, 0.5) is 10.2 Å². The molecule has 1 aliphatic carbocycles. The number of aryl methyl sites for hydroxylation is 1. The molecule has 1 aromatic heterocycles. The van der Waals surface area contributed by atoms with Crippen LogP contribution in [0.2, 0.25) is 0 Å². The number of benzene rings is 1. The number of anilines is 1. The van der Waals surface area contributed by atoms with Crippen LogP contribution in [0, 0.1) is 11.2 Å². The van der Waals surface area contributed by atoms with Crippen molar-refractivity contribution in [3.63, 3.8) is 0 Å². The molecule has 2 aliphatic rings. The van der Waals surface area contributed by atoms with E-state index in [9.17, 15) is 14.0 Å². The Morgan fingerprint density at radius 2 is 2.04 bits per heavy atom. The predicted octanol–water partition coefficient (Wildman–Crippen LogP) is 3.82. The van der Waals surface area contributed by atoms with Crippen LogP contribution in [-0.2, 0) is 11.8 Å². The van der Waals surface area contributed by atoms with Crippen molar-refractivity contribution in [2.75, 3.05) is 5.32 Å². The van der Waals surface area contributed by atoms with Crippen LogP contribution in [-0.4, -0.2) is 15.6 Å². The number of nitrogens with zero attached hydrogens (tertiary/aromatic N) is 1. The van der Waals surface area contributed by atoms with Gasteiger partial charge in [0.25, 0.3) is 5.56 Å². The van der Waals surface area contributed by atoms with Gasteiger partial charge in [-0.3, -0.25) is 19.4 Å². The molecule has 0 fully saturated rings. The number of carbonyl (C=O) groups is 1. The standard InChI is InChI=1S/C19H19BrFN3O2/c1-19(2)7-6-12-14(16(19)25)13(9-4-5-11(21)10(20)8-9)15-17(22-12)24(3)23-18(15)26/h4-5,8,13,22H,6-7H2,1-3H3,(H,23,26)/t13-/m0/s1. The van der Waals surface area contributed by atoms with E-state index in [1.807, 2.05) is 13.8 Å². The van der Waals surface area contributed by atoms with Gasteiger partial charge in [-0.05, 0) is 46.5 Å². The first-order valence-corrected chi connectivity index (χ1v) is 9.28. The Balaban J connectivity index is 2.00. The number of fused-ring (bicyclic) bond motifs is 1. The quantitative estimate of drug-likeness (QED) is 0.738. The molecule has 0 bridgehead atoms. The maximum absolute atomic E-state index is 13.8. The zero-order chi connectivity index (χ0) is 18.8. The monoisotopic (exact) mass is 419 g/mol. The minimum absolute atomic E-state index is 0.0330. The van der Waals surface area contributed by atoms with E-state index in [1.54, 1.807) is 23.9 Å². The summed E-state index contributed by atoms with van der Waals surface area (Å²) in [6.45, 7) is 3.86. The number of ketones is 1. The molecule has 26 heavy (non-hydrogen) atoms. The molecule has 2 aromatic rings. The van der Waals surface area contributed by atoms with Crippen molar-refractivity contribution < 1.29 is 9.18 Å². The Morgan fingerprint density at radius 3 is 2.73 bits per heavy atom. The summed E-state index contributed by atoms with van der Waals surface area (Å²) in [5, 5.41) is 6.05. The smallest absolute Gasteiger partial charge is 0.270 e. The van der Waals surface area contributed by atoms with Gasteiger partial charge in [-0.1, -0.05) is 19.9 Å². The van der Waals surface area contributed by atoms with Crippen molar-refractivity contribution >= 4 is 27.5 Å². The zero-order valence-corrected chi connectivity index (χ0v) is 16.3. The fourth-order valence-electron chi connectivity index (χ4n) is 3.91. The maximum atomic E-state index is 13.8. The van der Waals surface area contributed by atoms with Crippen molar-refractivity contribution in [2.45, 2.75) is 32.6 Å². The number of hydrogen-bond acceptors (Lipinski definition) is 3. The topological polar surface area (TPSA) is 66.9 Å². The molecular weight excluding hydrogens is 401 g/mol. The molecule has 0 radical (unpaired) electrons. The minimum atomic E-state index is -0.518. The molecule has 5 nitrogen and oxygen atoms in total. The van der Waals surface area contributed by atoms with E-state index in [4.69, 9.17) is 0 Å². The summed E-state index contributed by atoms with van der Waals surface area (Å²) >= 11 is 3.22. The van der Waals surface area contributed by atoms with Gasteiger partial charge in [0.2, 0.25) is 0 Å². The fraction of sp³-hybridized carbons (Fsp3) is 0.368. The average molecular weight is 420 g/mol. The number of allylic oxidation sites excluding steroid dienone is 2. The van der Waals surface area contributed by atoms with Crippen molar-refractivity contribution in [3.05, 3.63) is 61.2 Å².